The van der Waals surface area contributed by atoms with E-state index in [0.29, 0.717) is 5.56 Å². The summed E-state index contributed by atoms with van der Waals surface area (Å²) in [5.74, 6) is -0.927. The Balaban J connectivity index is 1.60. The molecular weight excluding hydrogens is 369 g/mol. The number of aliphatic hydroxyl groups is 1. The van der Waals surface area contributed by atoms with Crippen LogP contribution in [0.15, 0.2) is 73.1 Å². The van der Waals surface area contributed by atoms with Crippen LogP contribution in [0, 0.1) is 17.1 Å². The Kier molecular flexibility index (Phi) is 5.07. The van der Waals surface area contributed by atoms with Crippen LogP contribution in [0.4, 0.5) is 4.39 Å². The molecule has 4 rings (SSSR count). The van der Waals surface area contributed by atoms with Crippen LogP contribution >= 0.6 is 0 Å². The second-order valence-corrected chi connectivity index (χ2v) is 6.94. The van der Waals surface area contributed by atoms with Crippen LogP contribution in [0.5, 0.6) is 0 Å². The number of nitriles is 1. The van der Waals surface area contributed by atoms with Gasteiger partial charge in [0, 0.05) is 18.3 Å². The van der Waals surface area contributed by atoms with Crippen molar-refractivity contribution in [2.45, 2.75) is 18.0 Å². The van der Waals surface area contributed by atoms with Crippen molar-refractivity contribution in [3.05, 3.63) is 90.0 Å². The minimum Gasteiger partial charge on any atom is -0.394 e. The maximum atomic E-state index is 13.5. The predicted molar refractivity (Wildman–Crippen MR) is 105 cm³/mol. The summed E-state index contributed by atoms with van der Waals surface area (Å²) in [6, 6.07) is 18.1. The third kappa shape index (κ3) is 3.37. The number of likely N-dealkylation sites (tertiary alicyclic amines) is 1. The molecule has 1 amide bonds. The molecule has 0 unspecified atom stereocenters. The molecule has 1 aromatic heterocycles. The fourth-order valence-corrected chi connectivity index (χ4v) is 3.89. The van der Waals surface area contributed by atoms with Crippen LogP contribution < -0.4 is 0 Å². The maximum Gasteiger partial charge on any atom is 0.256 e. The zero-order valence-corrected chi connectivity index (χ0v) is 15.4. The molecule has 1 aliphatic rings. The summed E-state index contributed by atoms with van der Waals surface area (Å²) < 4.78 is 13.5. The molecular formula is C23H18FN3O2. The van der Waals surface area contributed by atoms with Crippen molar-refractivity contribution in [2.24, 2.45) is 0 Å². The first-order valence-electron chi connectivity index (χ1n) is 9.23. The lowest BCUT2D eigenvalue weighted by molar-refractivity contribution is -0.00588. The number of benzene rings is 2. The van der Waals surface area contributed by atoms with Gasteiger partial charge in [-0.2, -0.15) is 5.26 Å². The largest absolute Gasteiger partial charge is 0.394 e. The molecule has 2 heterocycles. The zero-order valence-electron chi connectivity index (χ0n) is 15.4. The Bertz CT molecular complexity index is 1060. The highest BCUT2D eigenvalue weighted by atomic mass is 19.1. The molecule has 0 bridgehead atoms. The lowest BCUT2D eigenvalue weighted by Crippen LogP contribution is -2.65. The number of nitrogens with zero attached hydrogens (tertiary/aromatic N) is 3. The highest BCUT2D eigenvalue weighted by Gasteiger charge is 2.51. The molecule has 1 N–H and O–H groups in total. The van der Waals surface area contributed by atoms with E-state index < -0.39 is 12.1 Å². The van der Waals surface area contributed by atoms with Crippen LogP contribution in [0.2, 0.25) is 0 Å². The Morgan fingerprint density at radius 1 is 1.14 bits per heavy atom. The lowest BCUT2D eigenvalue weighted by atomic mass is 9.75. The van der Waals surface area contributed by atoms with Gasteiger partial charge in [-0.1, -0.05) is 36.4 Å². The van der Waals surface area contributed by atoms with Crippen molar-refractivity contribution < 1.29 is 14.3 Å². The molecule has 3 aromatic rings. The third-order valence-electron chi connectivity index (χ3n) is 5.33. The van der Waals surface area contributed by atoms with Crippen LogP contribution in [0.25, 0.3) is 11.1 Å². The van der Waals surface area contributed by atoms with Crippen molar-refractivity contribution >= 4 is 5.91 Å². The molecule has 3 atom stereocenters. The molecule has 5 nitrogen and oxygen atoms in total. The van der Waals surface area contributed by atoms with Gasteiger partial charge in [0.05, 0.1) is 24.3 Å². The number of aliphatic hydroxyl groups excluding tert-OH is 1. The summed E-state index contributed by atoms with van der Waals surface area (Å²) in [6.45, 7) is -0.250. The van der Waals surface area contributed by atoms with Crippen molar-refractivity contribution in [3.8, 4) is 17.2 Å². The molecule has 0 saturated carbocycles. The van der Waals surface area contributed by atoms with Gasteiger partial charge in [0.2, 0.25) is 0 Å². The van der Waals surface area contributed by atoms with E-state index in [1.807, 2.05) is 30.3 Å². The molecule has 1 fully saturated rings. The Morgan fingerprint density at radius 2 is 1.93 bits per heavy atom. The summed E-state index contributed by atoms with van der Waals surface area (Å²) in [6.07, 6.45) is 3.02. The van der Waals surface area contributed by atoms with E-state index in [4.69, 9.17) is 0 Å². The number of halogens is 1. The molecule has 1 aliphatic heterocycles. The highest BCUT2D eigenvalue weighted by molar-refractivity contribution is 5.95. The molecule has 6 heteroatoms. The number of hydrogen-bond donors (Lipinski definition) is 1. The molecule has 0 radical (unpaired) electrons. The van der Waals surface area contributed by atoms with E-state index in [-0.39, 0.29) is 24.2 Å². The number of carbonyl (C=O) groups excluding carboxylic acids is 1. The van der Waals surface area contributed by atoms with E-state index in [9.17, 15) is 19.6 Å². The van der Waals surface area contributed by atoms with Gasteiger partial charge in [0.1, 0.15) is 11.9 Å². The second-order valence-electron chi connectivity index (χ2n) is 6.94. The first kappa shape index (κ1) is 18.8. The van der Waals surface area contributed by atoms with Gasteiger partial charge >= 0.3 is 0 Å². The number of amides is 1. The van der Waals surface area contributed by atoms with Crippen molar-refractivity contribution in [3.63, 3.8) is 0 Å². The van der Waals surface area contributed by atoms with Crippen LogP contribution in [-0.4, -0.2) is 39.6 Å². The smallest absolute Gasteiger partial charge is 0.256 e. The minimum atomic E-state index is -0.681. The Labute approximate surface area is 167 Å². The Morgan fingerprint density at radius 3 is 2.55 bits per heavy atom. The summed E-state index contributed by atoms with van der Waals surface area (Å²) in [5, 5.41) is 19.6. The van der Waals surface area contributed by atoms with Gasteiger partial charge in [-0.25, -0.2) is 4.39 Å². The van der Waals surface area contributed by atoms with Crippen molar-refractivity contribution in [1.29, 1.82) is 5.26 Å². The molecule has 2 aromatic carbocycles. The quantitative estimate of drug-likeness (QED) is 0.745. The summed E-state index contributed by atoms with van der Waals surface area (Å²) >= 11 is 0. The monoisotopic (exact) mass is 387 g/mol. The third-order valence-corrected chi connectivity index (χ3v) is 5.33. The zero-order chi connectivity index (χ0) is 20.4. The van der Waals surface area contributed by atoms with Gasteiger partial charge < -0.3 is 10.0 Å². The average Bonchev–Trinajstić information content (AvgIpc) is 2.74. The number of hydrogen-bond acceptors (Lipinski definition) is 4. The van der Waals surface area contributed by atoms with Gasteiger partial charge in [-0.15, -0.1) is 0 Å². The molecule has 144 valence electrons. The highest BCUT2D eigenvalue weighted by Crippen LogP contribution is 2.41. The van der Waals surface area contributed by atoms with Crippen molar-refractivity contribution in [2.75, 3.05) is 6.61 Å². The van der Waals surface area contributed by atoms with Gasteiger partial charge in [-0.3, -0.25) is 9.78 Å². The fraction of sp³-hybridized carbons (Fsp3) is 0.174. The standard InChI is InChI=1S/C23H18FN3O2/c24-19-5-1-3-17(11-19)15-6-8-16(9-7-15)22-20(12-25)27(21(22)14-28)23(29)18-4-2-10-26-13-18/h1-11,13,20-22,28H,14H2/t20-,21+,22-/m1/s1. The number of carbonyl (C=O) groups is 1. The second kappa shape index (κ2) is 7.82. The summed E-state index contributed by atoms with van der Waals surface area (Å²) in [5.41, 5.74) is 2.84. The molecule has 0 aliphatic carbocycles. The topological polar surface area (TPSA) is 77.2 Å². The SMILES string of the molecule is N#C[C@@H]1[C@@H](c2ccc(-c3cccc(F)c3)cc2)[C@H](CO)N1C(=O)c1cccnc1. The van der Waals surface area contributed by atoms with Crippen LogP contribution in [0.3, 0.4) is 0 Å². The lowest BCUT2D eigenvalue weighted by Gasteiger charge is -2.51. The average molecular weight is 387 g/mol. The van der Waals surface area contributed by atoms with Crippen LogP contribution in [-0.2, 0) is 0 Å². The number of rotatable bonds is 4. The van der Waals surface area contributed by atoms with Gasteiger partial charge in [0.25, 0.3) is 5.91 Å². The molecule has 1 saturated heterocycles. The molecule has 29 heavy (non-hydrogen) atoms. The van der Waals surface area contributed by atoms with E-state index in [0.717, 1.165) is 16.7 Å². The predicted octanol–water partition coefficient (Wildman–Crippen LogP) is 3.38. The molecule has 0 spiro atoms. The number of pyridine rings is 1. The summed E-state index contributed by atoms with van der Waals surface area (Å²) in [7, 11) is 0. The minimum absolute atomic E-state index is 0.250. The first-order chi connectivity index (χ1) is 14.1. The van der Waals surface area contributed by atoms with Gasteiger partial charge in [0.15, 0.2) is 0 Å². The van der Waals surface area contributed by atoms with E-state index in [1.165, 1.54) is 23.2 Å². The maximum absolute atomic E-state index is 13.5. The van der Waals surface area contributed by atoms with Gasteiger partial charge in [-0.05, 0) is 41.0 Å². The Hall–Kier alpha value is -3.56. The van der Waals surface area contributed by atoms with E-state index >= 15 is 0 Å². The van der Waals surface area contributed by atoms with E-state index in [1.54, 1.807) is 24.4 Å². The van der Waals surface area contributed by atoms with Crippen molar-refractivity contribution in [1.82, 2.24) is 9.88 Å². The van der Waals surface area contributed by atoms with Crippen LogP contribution in [0.1, 0.15) is 21.8 Å². The number of aromatic nitrogens is 1. The first-order valence-corrected chi connectivity index (χ1v) is 9.23. The summed E-state index contributed by atoms with van der Waals surface area (Å²) in [4.78, 5) is 18.2. The normalized spacial score (nSPS) is 20.6. The fourth-order valence-electron chi connectivity index (χ4n) is 3.89. The van der Waals surface area contributed by atoms with E-state index in [2.05, 4.69) is 11.1 Å².